The third kappa shape index (κ3) is 3.54. The second kappa shape index (κ2) is 8.39. The van der Waals surface area contributed by atoms with Gasteiger partial charge in [0, 0.05) is 19.3 Å². The summed E-state index contributed by atoms with van der Waals surface area (Å²) in [5.74, 6) is -1.06. The number of hydrogen-bond acceptors (Lipinski definition) is 8. The second-order valence-electron chi connectivity index (χ2n) is 7.55. The average molecular weight is 461 g/mol. The number of ether oxygens (including phenoxy) is 1. The standard InChI is InChI=1S/C22H19N7O5/c1-2-34-21(33)13-10-24-29(11-13)22-25-17-16(18(30)26-22)23-12-27(17)8-5-9-28-19(31)14-6-3-4-7-15(14)20(28)32/h3-4,6-7,10-12H,2,5,8-9H2,1H3,(H,25,26,30). The highest BCUT2D eigenvalue weighted by atomic mass is 16.5. The lowest BCUT2D eigenvalue weighted by molar-refractivity contribution is 0.0525. The Hall–Kier alpha value is -4.61. The number of imide groups is 1. The number of esters is 1. The zero-order chi connectivity index (χ0) is 23.8. The van der Waals surface area contributed by atoms with E-state index in [1.165, 1.54) is 28.3 Å². The third-order valence-electron chi connectivity index (χ3n) is 5.43. The minimum Gasteiger partial charge on any atom is -0.462 e. The van der Waals surface area contributed by atoms with Crippen molar-refractivity contribution in [1.82, 2.24) is 34.2 Å². The molecule has 0 saturated carbocycles. The molecule has 1 N–H and O–H groups in total. The van der Waals surface area contributed by atoms with Crippen LogP contribution in [-0.4, -0.2) is 65.1 Å². The maximum atomic E-state index is 12.5. The Bertz CT molecular complexity index is 1460. The molecule has 0 radical (unpaired) electrons. The molecule has 0 spiro atoms. The molecule has 4 heterocycles. The van der Waals surface area contributed by atoms with E-state index in [1.807, 2.05) is 0 Å². The summed E-state index contributed by atoms with van der Waals surface area (Å²) in [6, 6.07) is 6.72. The molecular weight excluding hydrogens is 442 g/mol. The van der Waals surface area contributed by atoms with Gasteiger partial charge in [0.1, 0.15) is 0 Å². The predicted octanol–water partition coefficient (Wildman–Crippen LogP) is 1.17. The molecule has 4 aromatic rings. The molecule has 0 fully saturated rings. The van der Waals surface area contributed by atoms with Crippen LogP contribution in [0.25, 0.3) is 17.1 Å². The third-order valence-corrected chi connectivity index (χ3v) is 5.43. The first-order valence-corrected chi connectivity index (χ1v) is 10.6. The number of H-pyrrole nitrogens is 1. The van der Waals surface area contributed by atoms with Gasteiger partial charge in [0.25, 0.3) is 17.4 Å². The number of rotatable bonds is 7. The number of carbonyl (C=O) groups is 3. The highest BCUT2D eigenvalue weighted by Crippen LogP contribution is 2.22. The number of aromatic amines is 1. The van der Waals surface area contributed by atoms with Crippen LogP contribution in [0.4, 0.5) is 0 Å². The van der Waals surface area contributed by atoms with Crippen molar-refractivity contribution in [3.05, 3.63) is 70.0 Å². The van der Waals surface area contributed by atoms with Gasteiger partial charge in [-0.05, 0) is 25.5 Å². The number of benzene rings is 1. The number of nitrogens with one attached hydrogen (secondary N) is 1. The van der Waals surface area contributed by atoms with Crippen LogP contribution in [-0.2, 0) is 11.3 Å². The fraction of sp³-hybridized carbons (Fsp3) is 0.227. The van der Waals surface area contributed by atoms with E-state index in [0.29, 0.717) is 29.7 Å². The SMILES string of the molecule is CCOC(=O)c1cnn(-c2nc3c(ncn3CCCN3C(=O)c4ccccc4C3=O)c(=O)[nH]2)c1. The van der Waals surface area contributed by atoms with Crippen molar-refractivity contribution in [2.45, 2.75) is 19.9 Å². The zero-order valence-corrected chi connectivity index (χ0v) is 18.1. The first-order valence-electron chi connectivity index (χ1n) is 10.6. The Morgan fingerprint density at radius 2 is 1.82 bits per heavy atom. The lowest BCUT2D eigenvalue weighted by atomic mass is 10.1. The number of nitrogens with zero attached hydrogens (tertiary/aromatic N) is 6. The maximum absolute atomic E-state index is 12.5. The minimum absolute atomic E-state index is 0.107. The Kier molecular flexibility index (Phi) is 5.24. The summed E-state index contributed by atoms with van der Waals surface area (Å²) in [5, 5.41) is 4.07. The van der Waals surface area contributed by atoms with Crippen molar-refractivity contribution in [3.8, 4) is 5.95 Å². The topological polar surface area (TPSA) is 145 Å². The van der Waals surface area contributed by atoms with E-state index < -0.39 is 11.5 Å². The molecule has 0 saturated heterocycles. The normalized spacial score (nSPS) is 13.0. The van der Waals surface area contributed by atoms with E-state index >= 15 is 0 Å². The summed E-state index contributed by atoms with van der Waals surface area (Å²) in [6.07, 6.45) is 4.65. The van der Waals surface area contributed by atoms with Gasteiger partial charge in [-0.2, -0.15) is 10.1 Å². The van der Waals surface area contributed by atoms with Crippen LogP contribution in [0.3, 0.4) is 0 Å². The molecule has 34 heavy (non-hydrogen) atoms. The zero-order valence-electron chi connectivity index (χ0n) is 18.1. The van der Waals surface area contributed by atoms with Crippen LogP contribution in [0, 0.1) is 0 Å². The van der Waals surface area contributed by atoms with Crippen LogP contribution in [0.1, 0.15) is 44.4 Å². The Morgan fingerprint density at radius 1 is 1.09 bits per heavy atom. The van der Waals surface area contributed by atoms with Crippen LogP contribution < -0.4 is 5.56 Å². The summed E-state index contributed by atoms with van der Waals surface area (Å²) >= 11 is 0. The van der Waals surface area contributed by atoms with Crippen LogP contribution >= 0.6 is 0 Å². The van der Waals surface area contributed by atoms with Gasteiger partial charge in [-0.3, -0.25) is 24.3 Å². The van der Waals surface area contributed by atoms with Gasteiger partial charge in [-0.25, -0.2) is 14.5 Å². The van der Waals surface area contributed by atoms with Gasteiger partial charge in [0.05, 0.1) is 35.8 Å². The number of fused-ring (bicyclic) bond motifs is 2. The van der Waals surface area contributed by atoms with E-state index in [2.05, 4.69) is 20.1 Å². The number of amides is 2. The monoisotopic (exact) mass is 461 g/mol. The Labute approximate surface area is 191 Å². The molecule has 1 aliphatic rings. The van der Waals surface area contributed by atoms with Gasteiger partial charge < -0.3 is 9.30 Å². The maximum Gasteiger partial charge on any atom is 0.341 e. The van der Waals surface area contributed by atoms with Crippen molar-refractivity contribution in [1.29, 1.82) is 0 Å². The van der Waals surface area contributed by atoms with Crippen molar-refractivity contribution >= 4 is 28.9 Å². The molecule has 1 aliphatic heterocycles. The van der Waals surface area contributed by atoms with Gasteiger partial charge in [0.2, 0.25) is 5.95 Å². The summed E-state index contributed by atoms with van der Waals surface area (Å²) in [6.45, 7) is 2.51. The van der Waals surface area contributed by atoms with E-state index in [4.69, 9.17) is 4.74 Å². The molecule has 0 aliphatic carbocycles. The van der Waals surface area contributed by atoms with E-state index in [-0.39, 0.29) is 42.0 Å². The molecular formula is C22H19N7O5. The lowest BCUT2D eigenvalue weighted by Gasteiger charge is -2.13. The molecule has 1 aromatic carbocycles. The quantitative estimate of drug-likeness (QED) is 0.319. The predicted molar refractivity (Wildman–Crippen MR) is 118 cm³/mol. The van der Waals surface area contributed by atoms with Gasteiger partial charge in [-0.15, -0.1) is 0 Å². The lowest BCUT2D eigenvalue weighted by Crippen LogP contribution is -2.31. The molecule has 0 atom stereocenters. The van der Waals surface area contributed by atoms with E-state index in [1.54, 1.807) is 35.8 Å². The largest absolute Gasteiger partial charge is 0.462 e. The molecule has 0 unspecified atom stereocenters. The fourth-order valence-electron chi connectivity index (χ4n) is 3.81. The number of imidazole rings is 1. The Balaban J connectivity index is 1.35. The number of hydrogen-bond donors (Lipinski definition) is 1. The molecule has 5 rings (SSSR count). The molecule has 2 amide bonds. The summed E-state index contributed by atoms with van der Waals surface area (Å²) in [7, 11) is 0. The molecule has 0 bridgehead atoms. The first-order chi connectivity index (χ1) is 16.5. The van der Waals surface area contributed by atoms with Crippen molar-refractivity contribution in [2.24, 2.45) is 0 Å². The molecule has 172 valence electrons. The minimum atomic E-state index is -0.532. The highest BCUT2D eigenvalue weighted by molar-refractivity contribution is 6.21. The smallest absolute Gasteiger partial charge is 0.341 e. The number of aromatic nitrogens is 6. The molecule has 3 aromatic heterocycles. The van der Waals surface area contributed by atoms with E-state index in [9.17, 15) is 19.2 Å². The van der Waals surface area contributed by atoms with Crippen LogP contribution in [0.5, 0.6) is 0 Å². The summed E-state index contributed by atoms with van der Waals surface area (Å²) < 4.78 is 7.89. The van der Waals surface area contributed by atoms with Gasteiger partial charge in [-0.1, -0.05) is 12.1 Å². The highest BCUT2D eigenvalue weighted by Gasteiger charge is 2.34. The van der Waals surface area contributed by atoms with Crippen molar-refractivity contribution in [3.63, 3.8) is 0 Å². The fourth-order valence-corrected chi connectivity index (χ4v) is 3.81. The van der Waals surface area contributed by atoms with Gasteiger partial charge in [0.15, 0.2) is 11.2 Å². The van der Waals surface area contributed by atoms with Gasteiger partial charge >= 0.3 is 5.97 Å². The average Bonchev–Trinajstić information content (AvgIpc) is 3.54. The summed E-state index contributed by atoms with van der Waals surface area (Å²) in [4.78, 5) is 61.9. The van der Waals surface area contributed by atoms with Crippen molar-refractivity contribution < 1.29 is 19.1 Å². The van der Waals surface area contributed by atoms with Crippen molar-refractivity contribution in [2.75, 3.05) is 13.2 Å². The first kappa shape index (κ1) is 21.2. The second-order valence-corrected chi connectivity index (χ2v) is 7.55. The number of carbonyl (C=O) groups excluding carboxylic acids is 3. The number of aryl methyl sites for hydroxylation is 1. The van der Waals surface area contributed by atoms with Crippen LogP contribution in [0.15, 0.2) is 47.8 Å². The Morgan fingerprint density at radius 3 is 2.53 bits per heavy atom. The molecule has 12 heteroatoms. The molecule has 12 nitrogen and oxygen atoms in total. The summed E-state index contributed by atoms with van der Waals surface area (Å²) in [5.41, 5.74) is 1.02. The van der Waals surface area contributed by atoms with Crippen LogP contribution in [0.2, 0.25) is 0 Å². The van der Waals surface area contributed by atoms with E-state index in [0.717, 1.165) is 0 Å².